The number of carbonyl (C=O) groups excluding carboxylic acids is 2. The van der Waals surface area contributed by atoms with Crippen LogP contribution in [0.3, 0.4) is 0 Å². The summed E-state index contributed by atoms with van der Waals surface area (Å²) >= 11 is 0. The van der Waals surface area contributed by atoms with Gasteiger partial charge >= 0.3 is 0 Å². The largest absolute Gasteiger partial charge is 0.338 e. The molecule has 6 heteroatoms. The third kappa shape index (κ3) is 2.59. The van der Waals surface area contributed by atoms with Gasteiger partial charge in [-0.05, 0) is 18.6 Å². The van der Waals surface area contributed by atoms with E-state index in [2.05, 4.69) is 10.3 Å². The van der Waals surface area contributed by atoms with Gasteiger partial charge in [-0.3, -0.25) is 14.9 Å². The van der Waals surface area contributed by atoms with Gasteiger partial charge in [-0.25, -0.2) is 4.98 Å². The minimum absolute atomic E-state index is 0.0807. The van der Waals surface area contributed by atoms with E-state index in [4.69, 9.17) is 5.73 Å². The average Bonchev–Trinajstić information content (AvgIpc) is 2.28. The Morgan fingerprint density at radius 2 is 2.00 bits per heavy atom. The number of nitrogens with two attached hydrogens (primary N) is 1. The Morgan fingerprint density at radius 1 is 1.35 bits per heavy atom. The summed E-state index contributed by atoms with van der Waals surface area (Å²) in [5.41, 5.74) is 6.63. The molecule has 1 atom stereocenters. The molecule has 6 nitrogen and oxygen atoms in total. The molecule has 0 radical (unpaired) electrons. The number of carbonyl (C=O) groups is 2. The second-order valence-corrected chi connectivity index (χ2v) is 4.07. The van der Waals surface area contributed by atoms with Crippen molar-refractivity contribution >= 4 is 17.6 Å². The fourth-order valence-corrected chi connectivity index (χ4v) is 1.65. The Balaban J connectivity index is 2.16. The van der Waals surface area contributed by atoms with Crippen LogP contribution in [-0.2, 0) is 9.59 Å². The van der Waals surface area contributed by atoms with Crippen LogP contribution < -0.4 is 16.0 Å². The number of hydrogen-bond acceptors (Lipinski definition) is 5. The molecular formula is C11H14N4O2. The van der Waals surface area contributed by atoms with Gasteiger partial charge in [0.1, 0.15) is 5.82 Å². The van der Waals surface area contributed by atoms with Gasteiger partial charge in [-0.15, -0.1) is 0 Å². The zero-order chi connectivity index (χ0) is 12.4. The predicted molar refractivity (Wildman–Crippen MR) is 62.2 cm³/mol. The van der Waals surface area contributed by atoms with E-state index in [0.717, 1.165) is 5.56 Å². The molecule has 1 aromatic rings. The Kier molecular flexibility index (Phi) is 3.06. The highest BCUT2D eigenvalue weighted by atomic mass is 16.2. The van der Waals surface area contributed by atoms with Gasteiger partial charge < -0.3 is 10.6 Å². The minimum Gasteiger partial charge on any atom is -0.338 e. The van der Waals surface area contributed by atoms with E-state index < -0.39 is 0 Å². The van der Waals surface area contributed by atoms with Crippen LogP contribution in [0.5, 0.6) is 0 Å². The zero-order valence-electron chi connectivity index (χ0n) is 9.51. The molecule has 0 aromatic carbocycles. The molecule has 3 N–H and O–H groups in total. The standard InChI is InChI=1S/C11H14N4O2/c1-7(12)8-2-3-9(13-4-8)15-5-10(16)14-11(17)6-15/h2-4,7H,5-6,12H2,1H3,(H,14,16,17). The number of imide groups is 1. The molecule has 1 aromatic heterocycles. The van der Waals surface area contributed by atoms with Gasteiger partial charge in [0.25, 0.3) is 0 Å². The Labute approximate surface area is 98.8 Å². The molecule has 2 heterocycles. The molecule has 17 heavy (non-hydrogen) atoms. The smallest absolute Gasteiger partial charge is 0.246 e. The molecule has 1 fully saturated rings. The first kappa shape index (κ1) is 11.5. The van der Waals surface area contributed by atoms with Crippen molar-refractivity contribution in [3.05, 3.63) is 23.9 Å². The van der Waals surface area contributed by atoms with Crippen molar-refractivity contribution in [2.45, 2.75) is 13.0 Å². The summed E-state index contributed by atoms with van der Waals surface area (Å²) < 4.78 is 0. The number of piperazine rings is 1. The summed E-state index contributed by atoms with van der Waals surface area (Å²) in [5, 5.41) is 2.24. The van der Waals surface area contributed by atoms with Gasteiger partial charge in [0.2, 0.25) is 11.8 Å². The van der Waals surface area contributed by atoms with E-state index >= 15 is 0 Å². The van der Waals surface area contributed by atoms with E-state index in [1.165, 1.54) is 0 Å². The maximum Gasteiger partial charge on any atom is 0.246 e. The maximum atomic E-state index is 11.2. The molecule has 2 rings (SSSR count). The fourth-order valence-electron chi connectivity index (χ4n) is 1.65. The number of amides is 2. The fraction of sp³-hybridized carbons (Fsp3) is 0.364. The zero-order valence-corrected chi connectivity index (χ0v) is 9.51. The van der Waals surface area contributed by atoms with Crippen LogP contribution in [0, 0.1) is 0 Å². The van der Waals surface area contributed by atoms with Crippen LogP contribution in [0.1, 0.15) is 18.5 Å². The van der Waals surface area contributed by atoms with Gasteiger partial charge in [-0.1, -0.05) is 6.07 Å². The maximum absolute atomic E-state index is 11.2. The average molecular weight is 234 g/mol. The van der Waals surface area contributed by atoms with Crippen LogP contribution >= 0.6 is 0 Å². The highest BCUT2D eigenvalue weighted by Gasteiger charge is 2.23. The van der Waals surface area contributed by atoms with Crippen LogP contribution in [0.4, 0.5) is 5.82 Å². The number of pyridine rings is 1. The van der Waals surface area contributed by atoms with Crippen molar-refractivity contribution in [3.8, 4) is 0 Å². The van der Waals surface area contributed by atoms with E-state index in [1.807, 2.05) is 13.0 Å². The first-order valence-corrected chi connectivity index (χ1v) is 5.35. The molecule has 0 bridgehead atoms. The quantitative estimate of drug-likeness (QED) is 0.677. The third-order valence-corrected chi connectivity index (χ3v) is 2.57. The highest BCUT2D eigenvalue weighted by Crippen LogP contribution is 2.15. The first-order valence-electron chi connectivity index (χ1n) is 5.35. The van der Waals surface area contributed by atoms with Crippen molar-refractivity contribution in [2.75, 3.05) is 18.0 Å². The Bertz CT molecular complexity index is 425. The van der Waals surface area contributed by atoms with Gasteiger partial charge in [0.05, 0.1) is 13.1 Å². The van der Waals surface area contributed by atoms with Crippen LogP contribution in [0.15, 0.2) is 18.3 Å². The van der Waals surface area contributed by atoms with Crippen molar-refractivity contribution in [2.24, 2.45) is 5.73 Å². The molecule has 1 unspecified atom stereocenters. The number of nitrogens with one attached hydrogen (secondary N) is 1. The molecular weight excluding hydrogens is 220 g/mol. The SMILES string of the molecule is CC(N)c1ccc(N2CC(=O)NC(=O)C2)nc1. The molecule has 0 spiro atoms. The lowest BCUT2D eigenvalue weighted by Crippen LogP contribution is -2.51. The topological polar surface area (TPSA) is 88.3 Å². The second-order valence-electron chi connectivity index (χ2n) is 4.07. The number of aromatic nitrogens is 1. The summed E-state index contributed by atoms with van der Waals surface area (Å²) in [7, 11) is 0. The molecule has 0 aliphatic carbocycles. The minimum atomic E-state index is -0.306. The Hall–Kier alpha value is -1.95. The Morgan fingerprint density at radius 3 is 2.47 bits per heavy atom. The van der Waals surface area contributed by atoms with Gasteiger partial charge in [0, 0.05) is 12.2 Å². The molecule has 1 aliphatic rings. The molecule has 1 saturated heterocycles. The monoisotopic (exact) mass is 234 g/mol. The van der Waals surface area contributed by atoms with E-state index in [0.29, 0.717) is 5.82 Å². The predicted octanol–water partition coefficient (Wildman–Crippen LogP) is -0.436. The summed E-state index contributed by atoms with van der Waals surface area (Å²) in [6, 6.07) is 3.54. The van der Waals surface area contributed by atoms with Gasteiger partial charge in [-0.2, -0.15) is 0 Å². The van der Waals surface area contributed by atoms with E-state index in [-0.39, 0.29) is 30.9 Å². The molecule has 0 saturated carbocycles. The summed E-state index contributed by atoms with van der Waals surface area (Å²) in [4.78, 5) is 28.3. The summed E-state index contributed by atoms with van der Waals surface area (Å²) in [6.07, 6.45) is 1.66. The van der Waals surface area contributed by atoms with E-state index in [1.54, 1.807) is 17.2 Å². The van der Waals surface area contributed by atoms with Crippen molar-refractivity contribution in [1.82, 2.24) is 10.3 Å². The van der Waals surface area contributed by atoms with Crippen molar-refractivity contribution in [3.63, 3.8) is 0 Å². The highest BCUT2D eigenvalue weighted by molar-refractivity contribution is 6.02. The van der Waals surface area contributed by atoms with Gasteiger partial charge in [0.15, 0.2) is 0 Å². The summed E-state index contributed by atoms with van der Waals surface area (Å²) in [6.45, 7) is 2.17. The number of nitrogens with zero attached hydrogens (tertiary/aromatic N) is 2. The second kappa shape index (κ2) is 4.50. The van der Waals surface area contributed by atoms with Crippen LogP contribution in [-0.4, -0.2) is 29.9 Å². The first-order chi connectivity index (χ1) is 8.06. The third-order valence-electron chi connectivity index (χ3n) is 2.57. The number of anilines is 1. The number of rotatable bonds is 2. The lowest BCUT2D eigenvalue weighted by atomic mass is 10.1. The lowest BCUT2D eigenvalue weighted by Gasteiger charge is -2.26. The van der Waals surface area contributed by atoms with Crippen molar-refractivity contribution in [1.29, 1.82) is 0 Å². The molecule has 90 valence electrons. The molecule has 2 amide bonds. The van der Waals surface area contributed by atoms with Crippen LogP contribution in [0.2, 0.25) is 0 Å². The van der Waals surface area contributed by atoms with E-state index in [9.17, 15) is 9.59 Å². The summed E-state index contributed by atoms with van der Waals surface area (Å²) in [5.74, 6) is -0.00348. The normalized spacial score (nSPS) is 17.9. The molecule has 1 aliphatic heterocycles. The number of hydrogen-bond donors (Lipinski definition) is 2. The lowest BCUT2D eigenvalue weighted by molar-refractivity contribution is -0.130. The van der Waals surface area contributed by atoms with Crippen molar-refractivity contribution < 1.29 is 9.59 Å². The van der Waals surface area contributed by atoms with Crippen LogP contribution in [0.25, 0.3) is 0 Å².